The van der Waals surface area contributed by atoms with Gasteiger partial charge in [0, 0.05) is 37.7 Å². The summed E-state index contributed by atoms with van der Waals surface area (Å²) in [6, 6.07) is 5.09. The Labute approximate surface area is 154 Å². The third kappa shape index (κ3) is 3.70. The third-order valence-corrected chi connectivity index (χ3v) is 6.40. The molecule has 1 N–H and O–H groups in total. The largest absolute Gasteiger partial charge is 0.349 e. The number of piperidine rings is 1. The maximum absolute atomic E-state index is 12.6. The van der Waals surface area contributed by atoms with E-state index in [0.717, 1.165) is 18.4 Å². The highest BCUT2D eigenvalue weighted by atomic mass is 32.2. The molecule has 0 aliphatic carbocycles. The molecule has 2 aliphatic rings. The van der Waals surface area contributed by atoms with E-state index in [1.54, 1.807) is 30.0 Å². The van der Waals surface area contributed by atoms with Crippen LogP contribution in [0.4, 0.5) is 5.69 Å². The van der Waals surface area contributed by atoms with E-state index in [9.17, 15) is 18.0 Å². The van der Waals surface area contributed by atoms with Crippen molar-refractivity contribution in [2.75, 3.05) is 23.7 Å². The summed E-state index contributed by atoms with van der Waals surface area (Å²) >= 11 is 0. The minimum atomic E-state index is -3.33. The van der Waals surface area contributed by atoms with Crippen LogP contribution in [0.15, 0.2) is 18.2 Å². The van der Waals surface area contributed by atoms with Crippen molar-refractivity contribution in [2.24, 2.45) is 0 Å². The number of rotatable bonds is 3. The number of hydrogen-bond acceptors (Lipinski definition) is 4. The third-order valence-electron chi connectivity index (χ3n) is 5.13. The number of sulfonamides is 1. The monoisotopic (exact) mass is 379 g/mol. The van der Waals surface area contributed by atoms with Crippen molar-refractivity contribution in [3.63, 3.8) is 0 Å². The summed E-state index contributed by atoms with van der Waals surface area (Å²) in [5.41, 5.74) is 2.08. The average Bonchev–Trinajstić information content (AvgIpc) is 2.90. The number of hydrogen-bond donors (Lipinski definition) is 1. The Balaban J connectivity index is 1.69. The van der Waals surface area contributed by atoms with Crippen LogP contribution < -0.4 is 9.62 Å². The van der Waals surface area contributed by atoms with Crippen molar-refractivity contribution in [1.29, 1.82) is 0 Å². The molecular formula is C18H25N3O4S. The Morgan fingerprint density at radius 2 is 1.85 bits per heavy atom. The summed E-state index contributed by atoms with van der Waals surface area (Å²) in [5.74, 6) is -0.0857. The highest BCUT2D eigenvalue weighted by Crippen LogP contribution is 2.34. The molecule has 1 fully saturated rings. The molecule has 2 heterocycles. The van der Waals surface area contributed by atoms with E-state index >= 15 is 0 Å². The van der Waals surface area contributed by atoms with Crippen LogP contribution in [0.25, 0.3) is 0 Å². The van der Waals surface area contributed by atoms with Crippen LogP contribution >= 0.6 is 0 Å². The number of fused-ring (bicyclic) bond motifs is 1. The van der Waals surface area contributed by atoms with Gasteiger partial charge in [-0.2, -0.15) is 0 Å². The number of carbonyl (C=O) groups excluding carboxylic acids is 2. The Kier molecular flexibility index (Phi) is 4.96. The molecule has 1 unspecified atom stereocenters. The first-order chi connectivity index (χ1) is 12.2. The lowest BCUT2D eigenvalue weighted by molar-refractivity contribution is -0.129. The minimum absolute atomic E-state index is 0.0535. The average molecular weight is 379 g/mol. The quantitative estimate of drug-likeness (QED) is 0.853. The van der Waals surface area contributed by atoms with E-state index in [1.807, 2.05) is 6.92 Å². The van der Waals surface area contributed by atoms with Crippen molar-refractivity contribution in [2.45, 2.75) is 45.2 Å². The number of benzene rings is 1. The van der Waals surface area contributed by atoms with E-state index in [2.05, 4.69) is 5.32 Å². The van der Waals surface area contributed by atoms with Crippen LogP contribution in [-0.4, -0.2) is 56.6 Å². The number of nitrogens with one attached hydrogen (secondary N) is 1. The van der Waals surface area contributed by atoms with Crippen molar-refractivity contribution < 1.29 is 18.0 Å². The van der Waals surface area contributed by atoms with Gasteiger partial charge in [0.05, 0.1) is 11.9 Å². The van der Waals surface area contributed by atoms with Gasteiger partial charge < -0.3 is 10.2 Å². The van der Waals surface area contributed by atoms with Crippen molar-refractivity contribution in [3.8, 4) is 0 Å². The van der Waals surface area contributed by atoms with E-state index in [1.165, 1.54) is 10.6 Å². The second-order valence-electron chi connectivity index (χ2n) is 7.21. The van der Waals surface area contributed by atoms with Crippen LogP contribution in [0.2, 0.25) is 0 Å². The van der Waals surface area contributed by atoms with Gasteiger partial charge in [-0.3, -0.25) is 13.9 Å². The maximum atomic E-state index is 12.6. The highest BCUT2D eigenvalue weighted by molar-refractivity contribution is 7.92. The fourth-order valence-electron chi connectivity index (χ4n) is 3.86. The van der Waals surface area contributed by atoms with Crippen molar-refractivity contribution in [1.82, 2.24) is 10.2 Å². The summed E-state index contributed by atoms with van der Waals surface area (Å²) in [6.07, 6.45) is 3.29. The summed E-state index contributed by atoms with van der Waals surface area (Å²) in [5, 5.41) is 3.03. The van der Waals surface area contributed by atoms with Gasteiger partial charge in [0.1, 0.15) is 0 Å². The highest BCUT2D eigenvalue weighted by Gasteiger charge is 2.33. The molecule has 1 saturated heterocycles. The molecule has 2 aliphatic heterocycles. The Morgan fingerprint density at radius 1 is 1.19 bits per heavy atom. The number of amides is 2. The van der Waals surface area contributed by atoms with Gasteiger partial charge in [-0.25, -0.2) is 8.42 Å². The van der Waals surface area contributed by atoms with Crippen molar-refractivity contribution >= 4 is 27.5 Å². The lowest BCUT2D eigenvalue weighted by Crippen LogP contribution is -2.46. The number of anilines is 1. The molecule has 8 heteroatoms. The second kappa shape index (κ2) is 6.90. The molecule has 1 aromatic rings. The molecule has 7 nitrogen and oxygen atoms in total. The minimum Gasteiger partial charge on any atom is -0.349 e. The first-order valence-corrected chi connectivity index (χ1v) is 10.7. The molecule has 2 amide bonds. The Bertz CT molecular complexity index is 829. The molecule has 1 aromatic carbocycles. The van der Waals surface area contributed by atoms with Gasteiger partial charge >= 0.3 is 0 Å². The van der Waals surface area contributed by atoms with Gasteiger partial charge in [-0.05, 0) is 49.9 Å². The second-order valence-corrected chi connectivity index (χ2v) is 9.07. The number of carbonyl (C=O) groups is 2. The predicted octanol–water partition coefficient (Wildman–Crippen LogP) is 1.14. The first kappa shape index (κ1) is 18.7. The van der Waals surface area contributed by atoms with Crippen LogP contribution in [-0.2, 0) is 21.2 Å². The molecular weight excluding hydrogens is 354 g/mol. The zero-order valence-electron chi connectivity index (χ0n) is 15.4. The van der Waals surface area contributed by atoms with Gasteiger partial charge in [-0.15, -0.1) is 0 Å². The number of nitrogens with zero attached hydrogens (tertiary/aromatic N) is 2. The van der Waals surface area contributed by atoms with E-state index in [-0.39, 0.29) is 23.9 Å². The lowest BCUT2D eigenvalue weighted by Gasteiger charge is -2.31. The molecule has 3 rings (SSSR count). The SMILES string of the molecule is CC(=O)N1CCC(NC(=O)c2ccc3c(c2)CC(C)N3S(C)(=O)=O)CC1. The summed E-state index contributed by atoms with van der Waals surface area (Å²) in [6.45, 7) is 4.74. The fraction of sp³-hybridized carbons (Fsp3) is 0.556. The van der Waals surface area contributed by atoms with Crippen LogP contribution in [0.3, 0.4) is 0 Å². The van der Waals surface area contributed by atoms with Gasteiger partial charge in [-0.1, -0.05) is 0 Å². The molecule has 0 aromatic heterocycles. The summed E-state index contributed by atoms with van der Waals surface area (Å²) in [7, 11) is -3.33. The van der Waals surface area contributed by atoms with Gasteiger partial charge in [0.25, 0.3) is 5.91 Å². The van der Waals surface area contributed by atoms with E-state index < -0.39 is 10.0 Å². The predicted molar refractivity (Wildman–Crippen MR) is 99.7 cm³/mol. The van der Waals surface area contributed by atoms with E-state index in [4.69, 9.17) is 0 Å². The van der Waals surface area contributed by atoms with Crippen LogP contribution in [0.5, 0.6) is 0 Å². The molecule has 0 radical (unpaired) electrons. The summed E-state index contributed by atoms with van der Waals surface area (Å²) < 4.78 is 25.4. The van der Waals surface area contributed by atoms with Crippen molar-refractivity contribution in [3.05, 3.63) is 29.3 Å². The van der Waals surface area contributed by atoms with E-state index in [0.29, 0.717) is 30.8 Å². The topological polar surface area (TPSA) is 86.8 Å². The lowest BCUT2D eigenvalue weighted by atomic mass is 10.0. The molecule has 142 valence electrons. The molecule has 0 bridgehead atoms. The molecule has 0 spiro atoms. The fourth-order valence-corrected chi connectivity index (χ4v) is 5.12. The van der Waals surface area contributed by atoms with Crippen LogP contribution in [0, 0.1) is 0 Å². The Hall–Kier alpha value is -2.09. The van der Waals surface area contributed by atoms with Gasteiger partial charge in [0.15, 0.2) is 0 Å². The Morgan fingerprint density at radius 3 is 2.42 bits per heavy atom. The molecule has 1 atom stereocenters. The van der Waals surface area contributed by atoms with Crippen LogP contribution in [0.1, 0.15) is 42.6 Å². The number of likely N-dealkylation sites (tertiary alicyclic amines) is 1. The maximum Gasteiger partial charge on any atom is 0.251 e. The summed E-state index contributed by atoms with van der Waals surface area (Å²) in [4.78, 5) is 25.7. The molecule has 0 saturated carbocycles. The zero-order valence-corrected chi connectivity index (χ0v) is 16.2. The smallest absolute Gasteiger partial charge is 0.251 e. The zero-order chi connectivity index (χ0) is 19.1. The molecule has 26 heavy (non-hydrogen) atoms. The standard InChI is InChI=1S/C18H25N3O4S/c1-12-10-15-11-14(4-5-17(15)21(12)26(3,24)25)18(23)19-16-6-8-20(9-7-16)13(2)22/h4-5,11-12,16H,6-10H2,1-3H3,(H,19,23). The normalized spacial score (nSPS) is 20.8. The first-order valence-electron chi connectivity index (χ1n) is 8.85. The van der Waals surface area contributed by atoms with Gasteiger partial charge in [0.2, 0.25) is 15.9 Å².